The first kappa shape index (κ1) is 14.2. The van der Waals surface area contributed by atoms with Crippen LogP contribution in [-0.4, -0.2) is 20.0 Å². The van der Waals surface area contributed by atoms with Crippen LogP contribution in [0.5, 0.6) is 0 Å². The van der Waals surface area contributed by atoms with Crippen molar-refractivity contribution >= 4 is 37.6 Å². The van der Waals surface area contributed by atoms with E-state index in [1.807, 2.05) is 24.3 Å². The van der Waals surface area contributed by atoms with Gasteiger partial charge in [0.25, 0.3) is 0 Å². The lowest BCUT2D eigenvalue weighted by molar-refractivity contribution is 0.103. The standard InChI is InChI=1S/C16H11BrO3S/c17-14-7-3-1-5-11(14)9-12-10-21(19,20)15-8-4-2-6-13(15)16(12)18/h1-9H,10H2/b12-9+. The maximum atomic E-state index is 12.5. The van der Waals surface area contributed by atoms with Crippen LogP contribution in [0, 0.1) is 0 Å². The molecule has 0 unspecified atom stereocenters. The number of hydrogen-bond acceptors (Lipinski definition) is 3. The molecule has 0 radical (unpaired) electrons. The summed E-state index contributed by atoms with van der Waals surface area (Å²) in [6.07, 6.45) is 1.64. The third kappa shape index (κ3) is 2.59. The first-order valence-corrected chi connectivity index (χ1v) is 8.75. The molecule has 3 nitrogen and oxygen atoms in total. The van der Waals surface area contributed by atoms with Crippen LogP contribution in [0.1, 0.15) is 15.9 Å². The Morgan fingerprint density at radius 3 is 2.43 bits per heavy atom. The summed E-state index contributed by atoms with van der Waals surface area (Å²) >= 11 is 3.40. The minimum atomic E-state index is -3.46. The third-order valence-electron chi connectivity index (χ3n) is 3.34. The smallest absolute Gasteiger partial charge is 0.191 e. The van der Waals surface area contributed by atoms with Gasteiger partial charge in [0.2, 0.25) is 0 Å². The first-order chi connectivity index (χ1) is 9.99. The molecule has 0 bridgehead atoms. The zero-order valence-corrected chi connectivity index (χ0v) is 13.3. The van der Waals surface area contributed by atoms with Gasteiger partial charge in [-0.1, -0.05) is 46.3 Å². The number of sulfone groups is 1. The minimum absolute atomic E-state index is 0.124. The predicted octanol–water partition coefficient (Wildman–Crippen LogP) is 3.50. The largest absolute Gasteiger partial charge is 0.289 e. The predicted molar refractivity (Wildman–Crippen MR) is 84.9 cm³/mol. The molecule has 106 valence electrons. The van der Waals surface area contributed by atoms with Gasteiger partial charge >= 0.3 is 0 Å². The van der Waals surface area contributed by atoms with Crippen LogP contribution in [0.4, 0.5) is 0 Å². The van der Waals surface area contributed by atoms with Crippen molar-refractivity contribution in [2.24, 2.45) is 0 Å². The van der Waals surface area contributed by atoms with Crippen molar-refractivity contribution in [1.29, 1.82) is 0 Å². The maximum Gasteiger partial charge on any atom is 0.191 e. The van der Waals surface area contributed by atoms with E-state index in [4.69, 9.17) is 0 Å². The minimum Gasteiger partial charge on any atom is -0.289 e. The van der Waals surface area contributed by atoms with E-state index in [0.717, 1.165) is 10.0 Å². The van der Waals surface area contributed by atoms with Gasteiger partial charge in [0.15, 0.2) is 15.6 Å². The normalized spacial score (nSPS) is 18.5. The number of Topliss-reactive ketones (excluding diaryl/α,β-unsaturated/α-hetero) is 1. The molecule has 2 aromatic carbocycles. The van der Waals surface area contributed by atoms with Gasteiger partial charge in [-0.25, -0.2) is 8.42 Å². The van der Waals surface area contributed by atoms with Gasteiger partial charge < -0.3 is 0 Å². The highest BCUT2D eigenvalue weighted by Crippen LogP contribution is 2.29. The summed E-state index contributed by atoms with van der Waals surface area (Å²) in [7, 11) is -3.46. The molecule has 3 rings (SSSR count). The van der Waals surface area contributed by atoms with E-state index in [-0.39, 0.29) is 22.0 Å². The summed E-state index contributed by atoms with van der Waals surface area (Å²) < 4.78 is 25.4. The lowest BCUT2D eigenvalue weighted by Crippen LogP contribution is -2.24. The fourth-order valence-corrected chi connectivity index (χ4v) is 4.29. The number of fused-ring (bicyclic) bond motifs is 1. The molecule has 5 heteroatoms. The molecule has 0 atom stereocenters. The average Bonchev–Trinajstić information content (AvgIpc) is 2.47. The van der Waals surface area contributed by atoms with Gasteiger partial charge in [-0.05, 0) is 29.8 Å². The maximum absolute atomic E-state index is 12.5. The van der Waals surface area contributed by atoms with E-state index in [1.54, 1.807) is 24.3 Å². The van der Waals surface area contributed by atoms with Crippen molar-refractivity contribution in [3.63, 3.8) is 0 Å². The Balaban J connectivity index is 2.16. The van der Waals surface area contributed by atoms with E-state index >= 15 is 0 Å². The topological polar surface area (TPSA) is 51.2 Å². The highest BCUT2D eigenvalue weighted by molar-refractivity contribution is 9.10. The van der Waals surface area contributed by atoms with E-state index < -0.39 is 9.84 Å². The summed E-state index contributed by atoms with van der Waals surface area (Å²) in [4.78, 5) is 12.6. The van der Waals surface area contributed by atoms with E-state index in [2.05, 4.69) is 15.9 Å². The van der Waals surface area contributed by atoms with Crippen LogP contribution < -0.4 is 0 Å². The lowest BCUT2D eigenvalue weighted by Gasteiger charge is -2.17. The quantitative estimate of drug-likeness (QED) is 0.729. The summed E-state index contributed by atoms with van der Waals surface area (Å²) in [5.74, 6) is -0.486. The number of halogens is 1. The monoisotopic (exact) mass is 362 g/mol. The molecular weight excluding hydrogens is 352 g/mol. The summed E-state index contributed by atoms with van der Waals surface area (Å²) in [5, 5.41) is 0. The van der Waals surface area contributed by atoms with Crippen LogP contribution in [-0.2, 0) is 9.84 Å². The molecule has 1 aliphatic heterocycles. The Morgan fingerprint density at radius 1 is 1.00 bits per heavy atom. The molecule has 2 aromatic rings. The Morgan fingerprint density at radius 2 is 1.67 bits per heavy atom. The number of carbonyl (C=O) groups is 1. The Kier molecular flexibility index (Phi) is 3.55. The van der Waals surface area contributed by atoms with Gasteiger partial charge in [0.05, 0.1) is 10.6 Å². The summed E-state index contributed by atoms with van der Waals surface area (Å²) in [6.45, 7) is 0. The van der Waals surface area contributed by atoms with Crippen LogP contribution in [0.2, 0.25) is 0 Å². The van der Waals surface area contributed by atoms with E-state index in [0.29, 0.717) is 5.57 Å². The molecule has 0 saturated heterocycles. The van der Waals surface area contributed by atoms with Crippen molar-refractivity contribution in [2.75, 3.05) is 5.75 Å². The van der Waals surface area contributed by atoms with E-state index in [1.165, 1.54) is 6.07 Å². The third-order valence-corrected chi connectivity index (χ3v) is 5.78. The number of benzene rings is 2. The molecule has 0 aromatic heterocycles. The van der Waals surface area contributed by atoms with Gasteiger partial charge in [-0.2, -0.15) is 0 Å². The van der Waals surface area contributed by atoms with Crippen molar-refractivity contribution in [3.05, 3.63) is 69.7 Å². The van der Waals surface area contributed by atoms with Gasteiger partial charge in [0, 0.05) is 15.6 Å². The SMILES string of the molecule is O=C1/C(=C/c2ccccc2Br)CS(=O)(=O)c2ccccc21. The molecule has 0 amide bonds. The summed E-state index contributed by atoms with van der Waals surface area (Å²) in [6, 6.07) is 13.7. The van der Waals surface area contributed by atoms with Crippen molar-refractivity contribution in [2.45, 2.75) is 4.90 Å². The number of rotatable bonds is 1. The molecule has 1 aliphatic rings. The van der Waals surface area contributed by atoms with Crippen LogP contribution in [0.15, 0.2) is 63.5 Å². The molecule has 0 spiro atoms. The van der Waals surface area contributed by atoms with Crippen molar-refractivity contribution < 1.29 is 13.2 Å². The van der Waals surface area contributed by atoms with Gasteiger partial charge in [-0.3, -0.25) is 4.79 Å². The molecule has 0 N–H and O–H groups in total. The fraction of sp³-hybridized carbons (Fsp3) is 0.0625. The van der Waals surface area contributed by atoms with Crippen LogP contribution >= 0.6 is 15.9 Å². The zero-order valence-electron chi connectivity index (χ0n) is 10.9. The lowest BCUT2D eigenvalue weighted by atomic mass is 10.0. The Labute approximate surface area is 131 Å². The summed E-state index contributed by atoms with van der Waals surface area (Å²) in [5.41, 5.74) is 1.33. The van der Waals surface area contributed by atoms with E-state index in [9.17, 15) is 13.2 Å². The second-order valence-corrected chi connectivity index (χ2v) is 7.59. The first-order valence-electron chi connectivity index (χ1n) is 6.30. The number of ketones is 1. The molecule has 1 heterocycles. The molecule has 0 fully saturated rings. The van der Waals surface area contributed by atoms with Crippen molar-refractivity contribution in [1.82, 2.24) is 0 Å². The zero-order chi connectivity index (χ0) is 15.0. The molecular formula is C16H11BrO3S. The van der Waals surface area contributed by atoms with Gasteiger partial charge in [-0.15, -0.1) is 0 Å². The van der Waals surface area contributed by atoms with Crippen LogP contribution in [0.25, 0.3) is 6.08 Å². The average molecular weight is 363 g/mol. The van der Waals surface area contributed by atoms with Crippen molar-refractivity contribution in [3.8, 4) is 0 Å². The van der Waals surface area contributed by atoms with Crippen LogP contribution in [0.3, 0.4) is 0 Å². The number of hydrogen-bond donors (Lipinski definition) is 0. The highest BCUT2D eigenvalue weighted by Gasteiger charge is 2.32. The molecule has 21 heavy (non-hydrogen) atoms. The molecule has 0 saturated carbocycles. The number of carbonyl (C=O) groups excluding carboxylic acids is 1. The highest BCUT2D eigenvalue weighted by atomic mass is 79.9. The molecule has 0 aliphatic carbocycles. The second-order valence-electron chi connectivity index (χ2n) is 4.78. The Bertz CT molecular complexity index is 867. The fourth-order valence-electron chi connectivity index (χ4n) is 2.33. The second kappa shape index (κ2) is 5.24. The van der Waals surface area contributed by atoms with Gasteiger partial charge in [0.1, 0.15) is 0 Å². The Hall–Kier alpha value is -1.72.